The second-order valence-corrected chi connectivity index (χ2v) is 6.00. The van der Waals surface area contributed by atoms with E-state index in [1.165, 1.54) is 13.1 Å². The predicted octanol–water partition coefficient (Wildman–Crippen LogP) is 4.28. The molecule has 0 atom stereocenters. The summed E-state index contributed by atoms with van der Waals surface area (Å²) in [7, 11) is 0. The Morgan fingerprint density at radius 3 is 2.65 bits per heavy atom. The molecule has 0 aliphatic heterocycles. The van der Waals surface area contributed by atoms with Gasteiger partial charge >= 0.3 is 0 Å². The molecule has 0 saturated heterocycles. The van der Waals surface area contributed by atoms with E-state index in [0.717, 1.165) is 16.9 Å². The van der Waals surface area contributed by atoms with Crippen LogP contribution in [0.4, 0.5) is 28.8 Å². The van der Waals surface area contributed by atoms with Crippen LogP contribution in [0.5, 0.6) is 0 Å². The predicted molar refractivity (Wildman–Crippen MR) is 103 cm³/mol. The van der Waals surface area contributed by atoms with Crippen molar-refractivity contribution in [1.29, 1.82) is 0 Å². The molecule has 132 valence electrons. The molecule has 0 bridgehead atoms. The Bertz CT molecular complexity index is 946. The number of carbonyl (C=O) groups is 1. The summed E-state index contributed by atoms with van der Waals surface area (Å²) in [5, 5.41) is 17.6. The van der Waals surface area contributed by atoms with E-state index < -0.39 is 0 Å². The maximum atomic E-state index is 11.2. The molecule has 0 spiro atoms. The molecular weight excluding hydrogens is 352 g/mol. The van der Waals surface area contributed by atoms with Crippen molar-refractivity contribution < 1.29 is 4.79 Å². The van der Waals surface area contributed by atoms with E-state index in [4.69, 9.17) is 11.6 Å². The fourth-order valence-electron chi connectivity index (χ4n) is 2.31. The van der Waals surface area contributed by atoms with Gasteiger partial charge in [-0.1, -0.05) is 23.7 Å². The van der Waals surface area contributed by atoms with Gasteiger partial charge in [0.25, 0.3) is 0 Å². The molecule has 0 fully saturated rings. The monoisotopic (exact) mass is 368 g/mol. The van der Waals surface area contributed by atoms with Crippen molar-refractivity contribution in [2.24, 2.45) is 0 Å². The van der Waals surface area contributed by atoms with Gasteiger partial charge in [-0.15, -0.1) is 5.10 Å². The first-order valence-electron chi connectivity index (χ1n) is 7.88. The minimum absolute atomic E-state index is 0.130. The molecule has 3 N–H and O–H groups in total. The summed E-state index contributed by atoms with van der Waals surface area (Å²) in [5.74, 6) is 0.731. The molecule has 0 radical (unpaired) electrons. The Morgan fingerprint density at radius 1 is 1.08 bits per heavy atom. The van der Waals surface area contributed by atoms with Gasteiger partial charge < -0.3 is 16.0 Å². The van der Waals surface area contributed by atoms with Gasteiger partial charge in [0.1, 0.15) is 0 Å². The first-order valence-corrected chi connectivity index (χ1v) is 8.25. The SMILES string of the molecule is CC(=O)Nc1cccc(Nc2cnnc(Nc3cccc(Cl)c3C)n2)c1. The summed E-state index contributed by atoms with van der Waals surface area (Å²) in [4.78, 5) is 15.6. The summed E-state index contributed by atoms with van der Waals surface area (Å²) in [6.45, 7) is 3.37. The Labute approximate surface area is 155 Å². The molecule has 3 rings (SSSR count). The fourth-order valence-corrected chi connectivity index (χ4v) is 2.48. The molecular formula is C18H17ClN6O. The Kier molecular flexibility index (Phi) is 5.28. The lowest BCUT2D eigenvalue weighted by atomic mass is 10.2. The van der Waals surface area contributed by atoms with Crippen LogP contribution in [0.15, 0.2) is 48.7 Å². The molecule has 3 aromatic rings. The molecule has 2 aromatic carbocycles. The normalized spacial score (nSPS) is 10.3. The van der Waals surface area contributed by atoms with Crippen molar-refractivity contribution in [3.8, 4) is 0 Å². The zero-order chi connectivity index (χ0) is 18.5. The van der Waals surface area contributed by atoms with Crippen LogP contribution in [0.1, 0.15) is 12.5 Å². The van der Waals surface area contributed by atoms with Crippen molar-refractivity contribution in [2.45, 2.75) is 13.8 Å². The average molecular weight is 369 g/mol. The molecule has 0 unspecified atom stereocenters. The van der Waals surface area contributed by atoms with Crippen LogP contribution < -0.4 is 16.0 Å². The number of hydrogen-bond acceptors (Lipinski definition) is 6. The molecule has 0 aliphatic carbocycles. The fraction of sp³-hybridized carbons (Fsp3) is 0.111. The molecule has 1 aromatic heterocycles. The number of hydrogen-bond donors (Lipinski definition) is 3. The first-order chi connectivity index (χ1) is 12.5. The molecule has 0 saturated carbocycles. The maximum Gasteiger partial charge on any atom is 0.249 e. The third kappa shape index (κ3) is 4.46. The average Bonchev–Trinajstić information content (AvgIpc) is 2.59. The van der Waals surface area contributed by atoms with Gasteiger partial charge in [-0.3, -0.25) is 4.79 Å². The standard InChI is InChI=1S/C18H17ClN6O/c1-11-15(19)7-4-8-16(11)23-18-24-17(10-20-25-18)22-14-6-3-5-13(9-14)21-12(2)26/h3-10H,1-2H3,(H,21,26)(H2,22,23,24,25). The minimum Gasteiger partial charge on any atom is -0.339 e. The number of nitrogens with one attached hydrogen (secondary N) is 3. The summed E-state index contributed by atoms with van der Waals surface area (Å²) in [6, 6.07) is 12.9. The lowest BCUT2D eigenvalue weighted by Gasteiger charge is -2.11. The van der Waals surface area contributed by atoms with Crippen molar-refractivity contribution in [1.82, 2.24) is 15.2 Å². The van der Waals surface area contributed by atoms with Crippen LogP contribution in [0.2, 0.25) is 5.02 Å². The number of benzene rings is 2. The smallest absolute Gasteiger partial charge is 0.249 e. The van der Waals surface area contributed by atoms with Crippen LogP contribution in [-0.4, -0.2) is 21.1 Å². The lowest BCUT2D eigenvalue weighted by molar-refractivity contribution is -0.114. The Balaban J connectivity index is 1.77. The van der Waals surface area contributed by atoms with Gasteiger partial charge in [-0.2, -0.15) is 10.1 Å². The van der Waals surface area contributed by atoms with Gasteiger partial charge in [0.15, 0.2) is 5.82 Å². The molecule has 1 heterocycles. The van der Waals surface area contributed by atoms with E-state index in [9.17, 15) is 4.79 Å². The summed E-state index contributed by atoms with van der Waals surface area (Å²) >= 11 is 6.13. The van der Waals surface area contributed by atoms with E-state index in [2.05, 4.69) is 31.1 Å². The van der Waals surface area contributed by atoms with Crippen molar-refractivity contribution in [3.63, 3.8) is 0 Å². The number of carbonyl (C=O) groups excluding carboxylic acids is 1. The number of anilines is 5. The zero-order valence-electron chi connectivity index (χ0n) is 14.2. The van der Waals surface area contributed by atoms with Crippen LogP contribution >= 0.6 is 11.6 Å². The van der Waals surface area contributed by atoms with Crippen molar-refractivity contribution in [2.75, 3.05) is 16.0 Å². The Hall–Kier alpha value is -3.19. The highest BCUT2D eigenvalue weighted by atomic mass is 35.5. The number of nitrogens with zero attached hydrogens (tertiary/aromatic N) is 3. The number of amides is 1. The number of rotatable bonds is 5. The zero-order valence-corrected chi connectivity index (χ0v) is 15.0. The topological polar surface area (TPSA) is 91.8 Å². The summed E-state index contributed by atoms with van der Waals surface area (Å²) in [5.41, 5.74) is 3.17. The molecule has 26 heavy (non-hydrogen) atoms. The van der Waals surface area contributed by atoms with Gasteiger partial charge in [-0.25, -0.2) is 0 Å². The molecule has 8 heteroatoms. The van der Waals surface area contributed by atoms with E-state index in [1.54, 1.807) is 12.1 Å². The van der Waals surface area contributed by atoms with E-state index in [0.29, 0.717) is 22.5 Å². The van der Waals surface area contributed by atoms with Crippen LogP contribution in [0.25, 0.3) is 0 Å². The highest BCUT2D eigenvalue weighted by molar-refractivity contribution is 6.31. The van der Waals surface area contributed by atoms with Crippen LogP contribution in [0.3, 0.4) is 0 Å². The number of aromatic nitrogens is 3. The quantitative estimate of drug-likeness (QED) is 0.622. The highest BCUT2D eigenvalue weighted by Gasteiger charge is 2.06. The largest absolute Gasteiger partial charge is 0.339 e. The second kappa shape index (κ2) is 7.79. The number of halogens is 1. The third-order valence-corrected chi connectivity index (χ3v) is 3.94. The van der Waals surface area contributed by atoms with Gasteiger partial charge in [-0.05, 0) is 42.8 Å². The maximum absolute atomic E-state index is 11.2. The highest BCUT2D eigenvalue weighted by Crippen LogP contribution is 2.25. The summed E-state index contributed by atoms with van der Waals surface area (Å²) < 4.78 is 0. The van der Waals surface area contributed by atoms with Crippen LogP contribution in [-0.2, 0) is 4.79 Å². The van der Waals surface area contributed by atoms with E-state index >= 15 is 0 Å². The lowest BCUT2D eigenvalue weighted by Crippen LogP contribution is -2.06. The minimum atomic E-state index is -0.130. The van der Waals surface area contributed by atoms with Gasteiger partial charge in [0, 0.05) is 29.0 Å². The van der Waals surface area contributed by atoms with E-state index in [-0.39, 0.29) is 5.91 Å². The third-order valence-electron chi connectivity index (χ3n) is 3.53. The van der Waals surface area contributed by atoms with Gasteiger partial charge in [0.2, 0.25) is 11.9 Å². The van der Waals surface area contributed by atoms with E-state index in [1.807, 2.05) is 37.3 Å². The Morgan fingerprint density at radius 2 is 1.85 bits per heavy atom. The van der Waals surface area contributed by atoms with Crippen molar-refractivity contribution in [3.05, 3.63) is 59.2 Å². The second-order valence-electron chi connectivity index (χ2n) is 5.59. The molecule has 1 amide bonds. The first kappa shape index (κ1) is 17.6. The summed E-state index contributed by atoms with van der Waals surface area (Å²) in [6.07, 6.45) is 1.51. The van der Waals surface area contributed by atoms with Crippen molar-refractivity contribution >= 4 is 46.3 Å². The van der Waals surface area contributed by atoms with Gasteiger partial charge in [0.05, 0.1) is 6.20 Å². The van der Waals surface area contributed by atoms with Crippen LogP contribution in [0, 0.1) is 6.92 Å². The molecule has 7 nitrogen and oxygen atoms in total. The molecule has 0 aliphatic rings.